The zero-order chi connectivity index (χ0) is 7.07. The van der Waals surface area contributed by atoms with Gasteiger partial charge in [0.1, 0.15) is 0 Å². The second kappa shape index (κ2) is 1.98. The van der Waals surface area contributed by atoms with E-state index in [1.54, 1.807) is 0 Å². The molecule has 1 nitrogen and oxygen atoms in total. The van der Waals surface area contributed by atoms with Crippen molar-refractivity contribution in [3.63, 3.8) is 0 Å². The molecule has 1 fully saturated rings. The molecule has 0 heterocycles. The number of hydrogen-bond donors (Lipinski definition) is 1. The molecule has 54 valence electrons. The third-order valence-corrected chi connectivity index (χ3v) is 2.68. The molecule has 1 aliphatic rings. The highest BCUT2D eigenvalue weighted by Crippen LogP contribution is 2.45. The molecule has 1 unspecified atom stereocenters. The molecule has 0 aromatic carbocycles. The normalized spacial score (nSPS) is 34.7. The summed E-state index contributed by atoms with van der Waals surface area (Å²) in [7, 11) is 2.05. The minimum atomic E-state index is 0.374. The summed E-state index contributed by atoms with van der Waals surface area (Å²) in [6, 6.07) is 0. The molecule has 1 aliphatic carbocycles. The molecule has 0 aromatic heterocycles. The van der Waals surface area contributed by atoms with Gasteiger partial charge in [0.05, 0.1) is 0 Å². The Labute approximate surface area is 57.8 Å². The fraction of sp³-hybridized carbons (Fsp3) is 1.00. The third-order valence-electron chi connectivity index (χ3n) is 2.68. The molecule has 1 rings (SSSR count). The Morgan fingerprint density at radius 2 is 1.89 bits per heavy atom. The smallest absolute Gasteiger partial charge is 0.0152 e. The predicted octanol–water partition coefficient (Wildman–Crippen LogP) is 1.64. The van der Waals surface area contributed by atoms with E-state index in [2.05, 4.69) is 26.1 Å². The Kier molecular flexibility index (Phi) is 1.55. The van der Waals surface area contributed by atoms with Crippen LogP contribution in [0.15, 0.2) is 0 Å². The lowest BCUT2D eigenvalue weighted by molar-refractivity contribution is 0.355. The van der Waals surface area contributed by atoms with Crippen molar-refractivity contribution in [3.8, 4) is 0 Å². The quantitative estimate of drug-likeness (QED) is 0.594. The maximum atomic E-state index is 3.33. The van der Waals surface area contributed by atoms with Gasteiger partial charge in [-0.3, -0.25) is 0 Å². The molecule has 0 aliphatic heterocycles. The van der Waals surface area contributed by atoms with E-state index in [-0.39, 0.29) is 0 Å². The molecule has 0 radical (unpaired) electrons. The van der Waals surface area contributed by atoms with Gasteiger partial charge in [0.15, 0.2) is 0 Å². The Balaban J connectivity index is 2.41. The van der Waals surface area contributed by atoms with Crippen LogP contribution in [0.1, 0.15) is 27.2 Å². The summed E-state index contributed by atoms with van der Waals surface area (Å²) in [5, 5.41) is 3.33. The van der Waals surface area contributed by atoms with Gasteiger partial charge in [-0.25, -0.2) is 0 Å². The number of rotatable bonds is 2. The fourth-order valence-corrected chi connectivity index (χ4v) is 1.51. The van der Waals surface area contributed by atoms with Crippen LogP contribution < -0.4 is 5.32 Å². The van der Waals surface area contributed by atoms with Crippen LogP contribution in [-0.4, -0.2) is 12.6 Å². The molecule has 0 bridgehead atoms. The van der Waals surface area contributed by atoms with Crippen molar-refractivity contribution in [1.29, 1.82) is 0 Å². The summed E-state index contributed by atoms with van der Waals surface area (Å²) in [5.41, 5.74) is 0.374. The van der Waals surface area contributed by atoms with Crippen LogP contribution in [-0.2, 0) is 0 Å². The summed E-state index contributed by atoms with van der Waals surface area (Å²) in [6.07, 6.45) is 1.41. The molecule has 0 amide bonds. The van der Waals surface area contributed by atoms with Gasteiger partial charge < -0.3 is 5.32 Å². The standard InChI is InChI=1S/C8H17N/c1-6-5-7(6)8(2,3)9-4/h6-7,9H,5H2,1-4H3/t6?,7-/m0/s1. The maximum Gasteiger partial charge on any atom is 0.0152 e. The van der Waals surface area contributed by atoms with E-state index in [1.807, 2.05) is 7.05 Å². The Hall–Kier alpha value is -0.0400. The highest BCUT2D eigenvalue weighted by Gasteiger charge is 2.43. The predicted molar refractivity (Wildman–Crippen MR) is 40.4 cm³/mol. The maximum absolute atomic E-state index is 3.33. The summed E-state index contributed by atoms with van der Waals surface area (Å²) < 4.78 is 0. The van der Waals surface area contributed by atoms with E-state index in [9.17, 15) is 0 Å². The summed E-state index contributed by atoms with van der Waals surface area (Å²) in [6.45, 7) is 6.88. The van der Waals surface area contributed by atoms with Crippen molar-refractivity contribution in [3.05, 3.63) is 0 Å². The molecular weight excluding hydrogens is 110 g/mol. The Morgan fingerprint density at radius 3 is 2.00 bits per heavy atom. The fourth-order valence-electron chi connectivity index (χ4n) is 1.51. The first-order valence-electron chi connectivity index (χ1n) is 3.77. The van der Waals surface area contributed by atoms with Crippen LogP contribution in [0.4, 0.5) is 0 Å². The van der Waals surface area contributed by atoms with Crippen LogP contribution in [0.5, 0.6) is 0 Å². The van der Waals surface area contributed by atoms with Crippen LogP contribution in [0.2, 0.25) is 0 Å². The lowest BCUT2D eigenvalue weighted by Crippen LogP contribution is -2.38. The molecule has 2 atom stereocenters. The van der Waals surface area contributed by atoms with Gasteiger partial charge in [0, 0.05) is 5.54 Å². The Bertz CT molecular complexity index is 107. The minimum Gasteiger partial charge on any atom is -0.315 e. The highest BCUT2D eigenvalue weighted by molar-refractivity contribution is 4.98. The zero-order valence-corrected chi connectivity index (χ0v) is 6.86. The first-order chi connectivity index (χ1) is 4.08. The van der Waals surface area contributed by atoms with Gasteiger partial charge in [-0.2, -0.15) is 0 Å². The molecule has 9 heavy (non-hydrogen) atoms. The van der Waals surface area contributed by atoms with Crippen LogP contribution in [0.3, 0.4) is 0 Å². The number of hydrogen-bond acceptors (Lipinski definition) is 1. The van der Waals surface area contributed by atoms with Crippen molar-refractivity contribution in [2.24, 2.45) is 11.8 Å². The molecule has 1 saturated carbocycles. The summed E-state index contributed by atoms with van der Waals surface area (Å²) in [5.74, 6) is 1.87. The molecule has 1 heteroatoms. The lowest BCUT2D eigenvalue weighted by Gasteiger charge is -2.23. The largest absolute Gasteiger partial charge is 0.315 e. The number of nitrogens with one attached hydrogen (secondary N) is 1. The molecule has 1 N–H and O–H groups in total. The average molecular weight is 127 g/mol. The highest BCUT2D eigenvalue weighted by atomic mass is 14.9. The summed E-state index contributed by atoms with van der Waals surface area (Å²) >= 11 is 0. The van der Waals surface area contributed by atoms with Crippen molar-refractivity contribution in [1.82, 2.24) is 5.32 Å². The molecule has 0 spiro atoms. The van der Waals surface area contributed by atoms with Crippen molar-refractivity contribution in [2.75, 3.05) is 7.05 Å². The van der Waals surface area contributed by atoms with Crippen molar-refractivity contribution in [2.45, 2.75) is 32.7 Å². The van der Waals surface area contributed by atoms with Crippen molar-refractivity contribution < 1.29 is 0 Å². The average Bonchev–Trinajstić information content (AvgIpc) is 2.47. The van der Waals surface area contributed by atoms with Crippen LogP contribution >= 0.6 is 0 Å². The zero-order valence-electron chi connectivity index (χ0n) is 6.86. The van der Waals surface area contributed by atoms with Gasteiger partial charge in [-0.1, -0.05) is 6.92 Å². The third kappa shape index (κ3) is 1.26. The summed E-state index contributed by atoms with van der Waals surface area (Å²) in [4.78, 5) is 0. The molecular formula is C8H17N. The lowest BCUT2D eigenvalue weighted by atomic mass is 9.98. The first kappa shape index (κ1) is 7.07. The molecule has 0 saturated heterocycles. The van der Waals surface area contributed by atoms with E-state index in [1.165, 1.54) is 6.42 Å². The minimum absolute atomic E-state index is 0.374. The topological polar surface area (TPSA) is 12.0 Å². The van der Waals surface area contributed by atoms with Crippen molar-refractivity contribution >= 4 is 0 Å². The first-order valence-corrected chi connectivity index (χ1v) is 3.77. The van der Waals surface area contributed by atoms with Crippen LogP contribution in [0.25, 0.3) is 0 Å². The second-order valence-corrected chi connectivity index (χ2v) is 3.79. The van der Waals surface area contributed by atoms with Gasteiger partial charge in [-0.05, 0) is 39.2 Å². The van der Waals surface area contributed by atoms with E-state index in [0.29, 0.717) is 5.54 Å². The van der Waals surface area contributed by atoms with Gasteiger partial charge in [0.25, 0.3) is 0 Å². The van der Waals surface area contributed by atoms with Gasteiger partial charge in [0.2, 0.25) is 0 Å². The monoisotopic (exact) mass is 127 g/mol. The molecule has 0 aromatic rings. The second-order valence-electron chi connectivity index (χ2n) is 3.79. The Morgan fingerprint density at radius 1 is 1.44 bits per heavy atom. The SMILES string of the molecule is CNC(C)(C)[C@H]1CC1C. The van der Waals surface area contributed by atoms with Gasteiger partial charge >= 0.3 is 0 Å². The van der Waals surface area contributed by atoms with Gasteiger partial charge in [-0.15, -0.1) is 0 Å². The van der Waals surface area contributed by atoms with E-state index in [0.717, 1.165) is 11.8 Å². The van der Waals surface area contributed by atoms with E-state index in [4.69, 9.17) is 0 Å². The van der Waals surface area contributed by atoms with E-state index >= 15 is 0 Å². The van der Waals surface area contributed by atoms with Crippen LogP contribution in [0, 0.1) is 11.8 Å². The van der Waals surface area contributed by atoms with E-state index < -0.39 is 0 Å².